The molecule has 8 nitrogen and oxygen atoms in total. The number of halogens is 2. The molecule has 40 heavy (non-hydrogen) atoms. The van der Waals surface area contributed by atoms with Gasteiger partial charge in [0.15, 0.2) is 0 Å². The number of amides is 1. The van der Waals surface area contributed by atoms with E-state index in [1.807, 2.05) is 43.3 Å². The predicted molar refractivity (Wildman–Crippen MR) is 158 cm³/mol. The van der Waals surface area contributed by atoms with Crippen LogP contribution in [0.4, 0.5) is 11.6 Å². The fourth-order valence-electron chi connectivity index (χ4n) is 4.27. The molecule has 0 bridgehead atoms. The quantitative estimate of drug-likeness (QED) is 0.168. The van der Waals surface area contributed by atoms with Gasteiger partial charge < -0.3 is 15.4 Å². The van der Waals surface area contributed by atoms with Gasteiger partial charge in [-0.25, -0.2) is 9.48 Å². The number of rotatable bonds is 8. The van der Waals surface area contributed by atoms with Gasteiger partial charge in [-0.3, -0.25) is 4.79 Å². The van der Waals surface area contributed by atoms with Crippen LogP contribution >= 0.6 is 35.0 Å². The molecule has 1 aliphatic heterocycles. The standard InChI is InChI=1S/C29H25Cl2N5O3S/c1-3-39-27(38)20-8-14-23(15-9-20)33-26(37)24-17(2)32-28-34-29(40-16-18-4-10-21(30)11-5-18)35-36(28)25(24)19-6-12-22(31)13-7-19/h4-15,25H,3,16H2,1-2H3,(H,33,37)(H,32,34,35)/t25-/m1/s1. The normalized spacial score (nSPS) is 14.3. The third-order valence-corrected chi connectivity index (χ3v) is 7.61. The molecule has 0 fully saturated rings. The average molecular weight is 595 g/mol. The highest BCUT2D eigenvalue weighted by molar-refractivity contribution is 7.98. The first-order valence-corrected chi connectivity index (χ1v) is 14.2. The van der Waals surface area contributed by atoms with E-state index in [1.165, 1.54) is 11.8 Å². The number of hydrogen-bond acceptors (Lipinski definition) is 7. The van der Waals surface area contributed by atoms with Gasteiger partial charge in [-0.2, -0.15) is 4.98 Å². The maximum absolute atomic E-state index is 13.7. The highest BCUT2D eigenvalue weighted by Crippen LogP contribution is 2.37. The second-order valence-corrected chi connectivity index (χ2v) is 10.8. The van der Waals surface area contributed by atoms with Crippen molar-refractivity contribution in [3.05, 3.63) is 111 Å². The molecular formula is C29H25Cl2N5O3S. The Morgan fingerprint density at radius 1 is 1.00 bits per heavy atom. The van der Waals surface area contributed by atoms with Crippen LogP contribution in [0.5, 0.6) is 0 Å². The summed E-state index contributed by atoms with van der Waals surface area (Å²) in [6, 6.07) is 21.0. The number of nitrogens with one attached hydrogen (secondary N) is 2. The minimum Gasteiger partial charge on any atom is -0.462 e. The van der Waals surface area contributed by atoms with Gasteiger partial charge in [-0.05, 0) is 73.5 Å². The van der Waals surface area contributed by atoms with Crippen LogP contribution in [0, 0.1) is 0 Å². The second-order valence-electron chi connectivity index (χ2n) is 8.95. The van der Waals surface area contributed by atoms with Crippen molar-refractivity contribution in [2.45, 2.75) is 30.8 Å². The minimum atomic E-state index is -0.551. The highest BCUT2D eigenvalue weighted by atomic mass is 35.5. The molecule has 0 radical (unpaired) electrons. The van der Waals surface area contributed by atoms with Gasteiger partial charge in [0.25, 0.3) is 5.91 Å². The Labute approximate surface area is 245 Å². The maximum Gasteiger partial charge on any atom is 0.338 e. The van der Waals surface area contributed by atoms with E-state index in [0.717, 1.165) is 11.1 Å². The fraction of sp³-hybridized carbons (Fsp3) is 0.172. The van der Waals surface area contributed by atoms with Gasteiger partial charge in [0, 0.05) is 27.2 Å². The zero-order valence-electron chi connectivity index (χ0n) is 21.7. The Morgan fingerprint density at radius 3 is 2.30 bits per heavy atom. The van der Waals surface area contributed by atoms with Crippen molar-refractivity contribution in [2.75, 3.05) is 17.2 Å². The smallest absolute Gasteiger partial charge is 0.338 e. The molecule has 0 saturated heterocycles. The number of ether oxygens (including phenoxy) is 1. The number of thioether (sulfide) groups is 1. The summed E-state index contributed by atoms with van der Waals surface area (Å²) in [5.74, 6) is 0.465. The number of carbonyl (C=O) groups excluding carboxylic acids is 2. The van der Waals surface area contributed by atoms with Gasteiger partial charge in [-0.1, -0.05) is 59.2 Å². The number of anilines is 2. The summed E-state index contributed by atoms with van der Waals surface area (Å²) >= 11 is 13.7. The fourth-order valence-corrected chi connectivity index (χ4v) is 5.31. The van der Waals surface area contributed by atoms with E-state index >= 15 is 0 Å². The number of benzene rings is 3. The van der Waals surface area contributed by atoms with E-state index in [0.29, 0.717) is 49.4 Å². The first-order chi connectivity index (χ1) is 19.3. The van der Waals surface area contributed by atoms with Gasteiger partial charge in [0.05, 0.1) is 17.7 Å². The van der Waals surface area contributed by atoms with Crippen LogP contribution in [0.2, 0.25) is 10.0 Å². The Bertz CT molecular complexity index is 1570. The van der Waals surface area contributed by atoms with Crippen LogP contribution < -0.4 is 10.6 Å². The van der Waals surface area contributed by atoms with Crippen molar-refractivity contribution in [3.8, 4) is 0 Å². The largest absolute Gasteiger partial charge is 0.462 e. The topological polar surface area (TPSA) is 98.1 Å². The van der Waals surface area contributed by atoms with E-state index in [4.69, 9.17) is 33.0 Å². The Morgan fingerprint density at radius 2 is 1.65 bits per heavy atom. The number of esters is 1. The first-order valence-electron chi connectivity index (χ1n) is 12.5. The minimum absolute atomic E-state index is 0.287. The number of carbonyl (C=O) groups is 2. The van der Waals surface area contributed by atoms with Crippen LogP contribution in [-0.4, -0.2) is 33.2 Å². The van der Waals surface area contributed by atoms with Crippen LogP contribution in [-0.2, 0) is 15.3 Å². The summed E-state index contributed by atoms with van der Waals surface area (Å²) < 4.78 is 6.76. The van der Waals surface area contributed by atoms with Crippen LogP contribution in [0.1, 0.15) is 41.4 Å². The molecule has 2 N–H and O–H groups in total. The van der Waals surface area contributed by atoms with E-state index in [1.54, 1.807) is 48.0 Å². The third kappa shape index (κ3) is 6.17. The summed E-state index contributed by atoms with van der Waals surface area (Å²) in [7, 11) is 0. The van der Waals surface area contributed by atoms with Crippen molar-refractivity contribution in [1.82, 2.24) is 14.8 Å². The molecular weight excluding hydrogens is 569 g/mol. The van der Waals surface area contributed by atoms with Crippen molar-refractivity contribution in [1.29, 1.82) is 0 Å². The molecule has 3 aromatic carbocycles. The second kappa shape index (κ2) is 12.2. The van der Waals surface area contributed by atoms with E-state index in [2.05, 4.69) is 15.6 Å². The molecule has 4 aromatic rings. The summed E-state index contributed by atoms with van der Waals surface area (Å²) in [5.41, 5.74) is 3.99. The lowest BCUT2D eigenvalue weighted by molar-refractivity contribution is -0.113. The van der Waals surface area contributed by atoms with E-state index in [9.17, 15) is 9.59 Å². The molecule has 0 spiro atoms. The maximum atomic E-state index is 13.7. The molecule has 1 aromatic heterocycles. The third-order valence-electron chi connectivity index (χ3n) is 6.20. The Hall–Kier alpha value is -3.79. The molecule has 5 rings (SSSR count). The van der Waals surface area contributed by atoms with E-state index < -0.39 is 12.0 Å². The molecule has 0 saturated carbocycles. The highest BCUT2D eigenvalue weighted by Gasteiger charge is 2.34. The molecule has 11 heteroatoms. The number of allylic oxidation sites excluding steroid dienone is 1. The van der Waals surface area contributed by atoms with Gasteiger partial charge in [0.2, 0.25) is 11.1 Å². The molecule has 2 heterocycles. The van der Waals surface area contributed by atoms with Crippen LogP contribution in [0.3, 0.4) is 0 Å². The lowest BCUT2D eigenvalue weighted by atomic mass is 9.95. The van der Waals surface area contributed by atoms with Gasteiger partial charge in [-0.15, -0.1) is 5.10 Å². The predicted octanol–water partition coefficient (Wildman–Crippen LogP) is 6.98. The van der Waals surface area contributed by atoms with Gasteiger partial charge in [0.1, 0.15) is 6.04 Å². The number of aromatic nitrogens is 3. The van der Waals surface area contributed by atoms with Crippen molar-refractivity contribution in [2.24, 2.45) is 0 Å². The first kappa shape index (κ1) is 27.8. The monoisotopic (exact) mass is 593 g/mol. The average Bonchev–Trinajstić information content (AvgIpc) is 3.35. The van der Waals surface area contributed by atoms with Crippen LogP contribution in [0.15, 0.2) is 89.2 Å². The molecule has 0 aliphatic carbocycles. The van der Waals surface area contributed by atoms with Crippen molar-refractivity contribution >= 4 is 58.5 Å². The van der Waals surface area contributed by atoms with Crippen LogP contribution in [0.25, 0.3) is 0 Å². The van der Waals surface area contributed by atoms with Crippen molar-refractivity contribution < 1.29 is 14.3 Å². The molecule has 0 unspecified atom stereocenters. The Balaban J connectivity index is 1.42. The van der Waals surface area contributed by atoms with Crippen molar-refractivity contribution in [3.63, 3.8) is 0 Å². The zero-order chi connectivity index (χ0) is 28.2. The molecule has 1 amide bonds. The number of hydrogen-bond donors (Lipinski definition) is 2. The lowest BCUT2D eigenvalue weighted by Gasteiger charge is -2.28. The Kier molecular flexibility index (Phi) is 8.44. The number of nitrogens with zero attached hydrogens (tertiary/aromatic N) is 3. The lowest BCUT2D eigenvalue weighted by Crippen LogP contribution is -2.31. The summed E-state index contributed by atoms with van der Waals surface area (Å²) in [5, 5.41) is 12.8. The van der Waals surface area contributed by atoms with Gasteiger partial charge >= 0.3 is 5.97 Å². The summed E-state index contributed by atoms with van der Waals surface area (Å²) in [4.78, 5) is 30.4. The number of fused-ring (bicyclic) bond motifs is 1. The molecule has 1 atom stereocenters. The molecule has 1 aliphatic rings. The zero-order valence-corrected chi connectivity index (χ0v) is 24.0. The SMILES string of the molecule is CCOC(=O)c1ccc(NC(=O)C2=C(C)Nc3nc(SCc4ccc(Cl)cc4)nn3[C@@H]2c2ccc(Cl)cc2)cc1. The summed E-state index contributed by atoms with van der Waals surface area (Å²) in [6.07, 6.45) is 0. The van der Waals surface area contributed by atoms with E-state index in [-0.39, 0.29) is 12.5 Å². The molecule has 204 valence electrons. The summed E-state index contributed by atoms with van der Waals surface area (Å²) in [6.45, 7) is 3.87.